The maximum absolute atomic E-state index is 12.9. The van der Waals surface area contributed by atoms with Crippen LogP contribution in [-0.2, 0) is 16.1 Å². The van der Waals surface area contributed by atoms with Crippen molar-refractivity contribution >= 4 is 11.9 Å². The van der Waals surface area contributed by atoms with Crippen LogP contribution in [0.3, 0.4) is 0 Å². The lowest BCUT2D eigenvalue weighted by molar-refractivity contribution is -0.274. The molecule has 4 aromatic rings. The lowest BCUT2D eigenvalue weighted by Gasteiger charge is -2.12. The largest absolute Gasteiger partial charge is 0.573 e. The van der Waals surface area contributed by atoms with Gasteiger partial charge in [-0.1, -0.05) is 42.5 Å². The highest BCUT2D eigenvalue weighted by Gasteiger charge is 2.32. The zero-order valence-corrected chi connectivity index (χ0v) is 20.2. The number of methoxy groups -OCH3 is 2. The zero-order chi connectivity index (χ0) is 27.3. The Hall–Kier alpha value is -4.80. The number of carbonyl (C=O) groups is 2. The van der Waals surface area contributed by atoms with E-state index in [1.165, 1.54) is 31.0 Å². The average molecular weight is 526 g/mol. The van der Waals surface area contributed by atoms with E-state index in [1.807, 2.05) is 0 Å². The molecule has 0 spiro atoms. The molecule has 0 saturated carbocycles. The van der Waals surface area contributed by atoms with Crippen LogP contribution >= 0.6 is 0 Å². The third-order valence-corrected chi connectivity index (χ3v) is 5.38. The summed E-state index contributed by atoms with van der Waals surface area (Å²) in [6.45, 7) is -0.0258. The van der Waals surface area contributed by atoms with E-state index in [9.17, 15) is 22.8 Å². The van der Waals surface area contributed by atoms with Crippen LogP contribution in [0.2, 0.25) is 0 Å². The van der Waals surface area contributed by atoms with Gasteiger partial charge in [0, 0.05) is 5.56 Å². The molecule has 0 unspecified atom stereocenters. The molecule has 0 N–H and O–H groups in total. The van der Waals surface area contributed by atoms with Gasteiger partial charge in [-0.3, -0.25) is 0 Å². The molecule has 11 heteroatoms. The van der Waals surface area contributed by atoms with Crippen molar-refractivity contribution in [1.29, 1.82) is 0 Å². The molecule has 8 nitrogen and oxygen atoms in total. The number of hydrogen-bond acceptors (Lipinski definition) is 7. The van der Waals surface area contributed by atoms with E-state index in [0.29, 0.717) is 16.8 Å². The Morgan fingerprint density at radius 2 is 1.42 bits per heavy atom. The standard InChI is InChI=1S/C27H21F3N2O6/c1-35-25(33)22-23(31-32(24(22)26(34)36-2)18-9-4-3-5-10-18)21-11-7-6-8-17(21)16-37-19-12-14-20(15-13-19)38-27(28,29)30/h3-15H,16H2,1-2H3. The second kappa shape index (κ2) is 11.1. The molecule has 0 atom stereocenters. The normalized spacial score (nSPS) is 11.1. The van der Waals surface area contributed by atoms with Crippen molar-refractivity contribution in [3.8, 4) is 28.4 Å². The molecule has 0 aliphatic heterocycles. The predicted octanol–water partition coefficient (Wildman–Crippen LogP) is 5.59. The van der Waals surface area contributed by atoms with Gasteiger partial charge in [-0.25, -0.2) is 14.3 Å². The maximum Gasteiger partial charge on any atom is 0.573 e. The van der Waals surface area contributed by atoms with Gasteiger partial charge in [-0.15, -0.1) is 13.2 Å². The molecule has 1 heterocycles. The molecule has 196 valence electrons. The van der Waals surface area contributed by atoms with Gasteiger partial charge >= 0.3 is 18.3 Å². The number of benzene rings is 3. The summed E-state index contributed by atoms with van der Waals surface area (Å²) in [5, 5.41) is 4.59. The lowest BCUT2D eigenvalue weighted by Crippen LogP contribution is -2.16. The minimum atomic E-state index is -4.80. The van der Waals surface area contributed by atoms with Crippen LogP contribution in [0.5, 0.6) is 11.5 Å². The van der Waals surface area contributed by atoms with Crippen molar-refractivity contribution < 1.29 is 41.7 Å². The lowest BCUT2D eigenvalue weighted by atomic mass is 10.0. The summed E-state index contributed by atoms with van der Waals surface area (Å²) in [5.74, 6) is -1.68. The summed E-state index contributed by atoms with van der Waals surface area (Å²) in [4.78, 5) is 25.7. The Labute approximate surface area is 215 Å². The average Bonchev–Trinajstić information content (AvgIpc) is 3.32. The Morgan fingerprint density at radius 1 is 0.816 bits per heavy atom. The number of aromatic nitrogens is 2. The second-order valence-electron chi connectivity index (χ2n) is 7.77. The highest BCUT2D eigenvalue weighted by molar-refractivity contribution is 6.07. The van der Waals surface area contributed by atoms with E-state index < -0.39 is 18.3 Å². The van der Waals surface area contributed by atoms with Crippen LogP contribution in [-0.4, -0.2) is 42.3 Å². The van der Waals surface area contributed by atoms with Crippen molar-refractivity contribution in [3.63, 3.8) is 0 Å². The van der Waals surface area contributed by atoms with Gasteiger partial charge in [0.1, 0.15) is 29.4 Å². The highest BCUT2D eigenvalue weighted by Crippen LogP contribution is 2.32. The second-order valence-corrected chi connectivity index (χ2v) is 7.77. The number of nitrogens with zero attached hydrogens (tertiary/aromatic N) is 2. The van der Waals surface area contributed by atoms with Crippen LogP contribution in [0.25, 0.3) is 16.9 Å². The molecule has 0 fully saturated rings. The molecular formula is C27H21F3N2O6. The number of rotatable bonds is 8. The summed E-state index contributed by atoms with van der Waals surface area (Å²) in [7, 11) is 2.38. The minimum absolute atomic E-state index is 0.0258. The van der Waals surface area contributed by atoms with Crippen LogP contribution in [0.1, 0.15) is 26.4 Å². The fourth-order valence-electron chi connectivity index (χ4n) is 3.72. The summed E-state index contributed by atoms with van der Waals surface area (Å²) in [6, 6.07) is 20.6. The molecule has 0 amide bonds. The summed E-state index contributed by atoms with van der Waals surface area (Å²) >= 11 is 0. The number of para-hydroxylation sites is 1. The fourth-order valence-corrected chi connectivity index (χ4v) is 3.72. The highest BCUT2D eigenvalue weighted by atomic mass is 19.4. The number of carbonyl (C=O) groups excluding carboxylic acids is 2. The van der Waals surface area contributed by atoms with Crippen molar-refractivity contribution in [1.82, 2.24) is 9.78 Å². The van der Waals surface area contributed by atoms with E-state index in [1.54, 1.807) is 54.6 Å². The topological polar surface area (TPSA) is 88.9 Å². The SMILES string of the molecule is COC(=O)c1c(-c2ccccc2COc2ccc(OC(F)(F)F)cc2)nn(-c2ccccc2)c1C(=O)OC. The van der Waals surface area contributed by atoms with Crippen molar-refractivity contribution in [2.75, 3.05) is 14.2 Å². The van der Waals surface area contributed by atoms with Gasteiger partial charge < -0.3 is 18.9 Å². The van der Waals surface area contributed by atoms with Crippen molar-refractivity contribution in [2.45, 2.75) is 13.0 Å². The van der Waals surface area contributed by atoms with Gasteiger partial charge in [-0.05, 0) is 42.0 Å². The molecule has 0 saturated heterocycles. The Kier molecular flexibility index (Phi) is 7.66. The summed E-state index contributed by atoms with van der Waals surface area (Å²) in [6.07, 6.45) is -4.80. The van der Waals surface area contributed by atoms with Gasteiger partial charge in [0.2, 0.25) is 0 Å². The van der Waals surface area contributed by atoms with E-state index in [2.05, 4.69) is 9.84 Å². The molecule has 0 radical (unpaired) electrons. The number of alkyl halides is 3. The molecule has 38 heavy (non-hydrogen) atoms. The van der Waals surface area contributed by atoms with Gasteiger partial charge in [0.05, 0.1) is 19.9 Å². The molecule has 3 aromatic carbocycles. The van der Waals surface area contributed by atoms with Crippen LogP contribution in [0, 0.1) is 0 Å². The van der Waals surface area contributed by atoms with Gasteiger partial charge in [0.25, 0.3) is 0 Å². The third kappa shape index (κ3) is 5.77. The molecule has 4 rings (SSSR count). The Bertz CT molecular complexity index is 1430. The molecule has 0 aliphatic rings. The number of halogens is 3. The maximum atomic E-state index is 12.9. The first kappa shape index (κ1) is 26.3. The smallest absolute Gasteiger partial charge is 0.489 e. The van der Waals surface area contributed by atoms with Gasteiger partial charge in [-0.2, -0.15) is 5.10 Å². The monoisotopic (exact) mass is 526 g/mol. The Morgan fingerprint density at radius 3 is 2.05 bits per heavy atom. The molecule has 1 aromatic heterocycles. The molecule has 0 aliphatic carbocycles. The number of ether oxygens (including phenoxy) is 4. The Balaban J connectivity index is 1.74. The first-order valence-corrected chi connectivity index (χ1v) is 11.1. The quantitative estimate of drug-likeness (QED) is 0.277. The van der Waals surface area contributed by atoms with E-state index in [-0.39, 0.29) is 35.1 Å². The zero-order valence-electron chi connectivity index (χ0n) is 20.2. The third-order valence-electron chi connectivity index (χ3n) is 5.38. The summed E-state index contributed by atoms with van der Waals surface area (Å²) in [5.41, 5.74) is 1.53. The summed E-state index contributed by atoms with van der Waals surface area (Å²) < 4.78 is 58.1. The van der Waals surface area contributed by atoms with E-state index >= 15 is 0 Å². The molecule has 0 bridgehead atoms. The minimum Gasteiger partial charge on any atom is -0.489 e. The van der Waals surface area contributed by atoms with Crippen LogP contribution < -0.4 is 9.47 Å². The van der Waals surface area contributed by atoms with Gasteiger partial charge in [0.15, 0.2) is 5.69 Å². The predicted molar refractivity (Wildman–Crippen MR) is 129 cm³/mol. The molecular weight excluding hydrogens is 505 g/mol. The van der Waals surface area contributed by atoms with Crippen molar-refractivity contribution in [2.24, 2.45) is 0 Å². The number of hydrogen-bond donors (Lipinski definition) is 0. The number of esters is 2. The van der Waals surface area contributed by atoms with Crippen LogP contribution in [0.4, 0.5) is 13.2 Å². The fraction of sp³-hybridized carbons (Fsp3) is 0.148. The van der Waals surface area contributed by atoms with E-state index in [4.69, 9.17) is 14.2 Å². The van der Waals surface area contributed by atoms with E-state index in [0.717, 1.165) is 12.1 Å². The van der Waals surface area contributed by atoms with Crippen molar-refractivity contribution in [3.05, 3.63) is 95.7 Å². The first-order chi connectivity index (χ1) is 18.2. The van der Waals surface area contributed by atoms with Crippen LogP contribution in [0.15, 0.2) is 78.9 Å². The first-order valence-electron chi connectivity index (χ1n) is 11.1.